The maximum absolute atomic E-state index is 14.0. The molecule has 685 valence electrons. The first-order valence-corrected chi connectivity index (χ1v) is 46.1. The van der Waals surface area contributed by atoms with E-state index < -0.39 is 94.1 Å². The van der Waals surface area contributed by atoms with Crippen molar-refractivity contribution in [2.45, 2.75) is 304 Å². The summed E-state index contributed by atoms with van der Waals surface area (Å²) in [6.45, 7) is 27.3. The molecule has 16 rings (SSSR count). The van der Waals surface area contributed by atoms with Crippen LogP contribution in [0.1, 0.15) is 236 Å². The molecule has 2 N–H and O–H groups in total. The molecule has 3 aromatic heterocycles. The Morgan fingerprint density at radius 2 is 0.819 bits per heavy atom. The number of hydrogen-bond acceptors (Lipinski definition) is 21. The van der Waals surface area contributed by atoms with Gasteiger partial charge in [-0.05, 0) is 222 Å². The van der Waals surface area contributed by atoms with E-state index in [9.17, 15) is 43.2 Å². The summed E-state index contributed by atoms with van der Waals surface area (Å²) in [6, 6.07) is 12.0. The van der Waals surface area contributed by atoms with Gasteiger partial charge in [-0.3, -0.25) is 19.2 Å². The van der Waals surface area contributed by atoms with Crippen molar-refractivity contribution in [1.82, 2.24) is 55.2 Å². The van der Waals surface area contributed by atoms with Crippen molar-refractivity contribution in [3.05, 3.63) is 86.7 Å². The zero-order chi connectivity index (χ0) is 88.8. The molecule has 9 heterocycles. The standard InChI is InChI=1S/C32H40ClN4O5.C32H42ClN4O5.C31H39ClN3O5.3V/c1-17-25(16-38)37-15-27(17)41-29-23(34-22-11-10-19(33)14-24(22)35-29)9-7-5-6-8-20-21-12-18(21)13-26(20)42-31(40)36-28(30(37)39)32(2,3)4;1-19-25(18-38)37-17-26(19)41-28-23(34-22-14-13-21(33)16-24(22)35-28)12-8-6-7-10-20-11-9-15-32(20,5)42-30(40)36-27(29(37)39)31(2,3)4;1-18-25(17-36)35-16-26(18)39-28-23(33-22-12-11-20(32)13-24(22)34-28)10-8-6-7-9-19-15-31(19,5)40-27(37)14-21(29(35)38)30(2,3)4;;;/h10-11,14,17-18,20-21,25-28H,5-9,12-13,15H2,1-4H3,(H,36,40);13-14,16,19-20,25-27H,6-12,15,17H2,1-5H3,(H,36,40);11-13,18-19,21,25-26H,6-10,14-16H2,1-5H3;;;/q3*-1;;;/t17-,18?,20+,21?,25+,26+,27-,28+;19-,20+,25+,26-,27+,32+;18-,19+,21+,25+,26-,31+;;;/m000.../s1. The molecular weight excluding hydrogens is 1790 g/mol. The van der Waals surface area contributed by atoms with Crippen LogP contribution in [0.2, 0.25) is 15.1 Å². The van der Waals surface area contributed by atoms with Gasteiger partial charge < -0.3 is 68.1 Å². The van der Waals surface area contributed by atoms with Gasteiger partial charge in [0.1, 0.15) is 64.8 Å². The van der Waals surface area contributed by atoms with E-state index in [1.807, 2.05) is 115 Å². The minimum Gasteiger partial charge on any atom is -0.540 e. The Labute approximate surface area is 796 Å². The summed E-state index contributed by atoms with van der Waals surface area (Å²) in [5.41, 5.74) is 3.55. The van der Waals surface area contributed by atoms with Gasteiger partial charge in [0.2, 0.25) is 35.4 Å². The van der Waals surface area contributed by atoms with Crippen molar-refractivity contribution in [2.24, 2.45) is 69.5 Å². The van der Waals surface area contributed by atoms with Crippen molar-refractivity contribution in [2.75, 3.05) is 19.6 Å². The molecular formula is C95H121Cl3N11O15V3-3. The predicted molar refractivity (Wildman–Crippen MR) is 470 cm³/mol. The van der Waals surface area contributed by atoms with E-state index in [1.54, 1.807) is 36.4 Å². The number of amides is 5. The average molecular weight is 1920 g/mol. The molecule has 3 radical (unpaired) electrons. The van der Waals surface area contributed by atoms with E-state index in [1.165, 1.54) is 21.1 Å². The monoisotopic (exact) mass is 1910 g/mol. The van der Waals surface area contributed by atoms with Crippen molar-refractivity contribution in [3.8, 4) is 17.6 Å². The Bertz CT molecular complexity index is 4920. The summed E-state index contributed by atoms with van der Waals surface area (Å²) in [7, 11) is 0. The number of carbonyl (C=O) groups excluding carboxylic acids is 9. The van der Waals surface area contributed by atoms with Gasteiger partial charge in [-0.2, -0.15) is 0 Å². The minimum atomic E-state index is -0.910. The fraction of sp³-hybridized carbons (Fsp3) is 0.653. The van der Waals surface area contributed by atoms with Crippen LogP contribution in [0.5, 0.6) is 17.6 Å². The summed E-state index contributed by atoms with van der Waals surface area (Å²) < 4.78 is 37.5. The number of aryl methyl sites for hydroxylation is 3. The van der Waals surface area contributed by atoms with Crippen LogP contribution in [0.4, 0.5) is 9.59 Å². The fourth-order valence-corrected chi connectivity index (χ4v) is 20.7. The molecule has 10 aliphatic rings. The van der Waals surface area contributed by atoms with Crippen LogP contribution in [-0.4, -0.2) is 185 Å². The van der Waals surface area contributed by atoms with Gasteiger partial charge in [0.05, 0.1) is 65.1 Å². The van der Waals surface area contributed by atoms with Gasteiger partial charge in [-0.25, -0.2) is 58.4 Å². The molecule has 4 aliphatic carbocycles. The van der Waals surface area contributed by atoms with Gasteiger partial charge in [0.25, 0.3) is 0 Å². The van der Waals surface area contributed by atoms with Crippen LogP contribution in [0, 0.1) is 69.5 Å². The van der Waals surface area contributed by atoms with Crippen molar-refractivity contribution in [1.29, 1.82) is 0 Å². The average Bonchev–Trinajstić information content (AvgIpc) is 1.59. The van der Waals surface area contributed by atoms with E-state index in [0.717, 1.165) is 143 Å². The number of nitrogens with zero attached hydrogens (tertiary/aromatic N) is 9. The molecule has 2 unspecified atom stereocenters. The van der Waals surface area contributed by atoms with Crippen LogP contribution >= 0.6 is 34.8 Å². The Balaban J connectivity index is 0.000000183. The molecule has 3 saturated heterocycles. The summed E-state index contributed by atoms with van der Waals surface area (Å²) >= 11 is 18.7. The Kier molecular flexibility index (Phi) is 32.9. The summed E-state index contributed by atoms with van der Waals surface area (Å²) in [5.74, 6) is 0.394. The van der Waals surface area contributed by atoms with Crippen LogP contribution in [0.15, 0.2) is 54.6 Å². The van der Waals surface area contributed by atoms with Crippen molar-refractivity contribution in [3.63, 3.8) is 0 Å². The third-order valence-electron chi connectivity index (χ3n) is 28.1. The molecule has 5 amide bonds. The van der Waals surface area contributed by atoms with Crippen LogP contribution < -0.4 is 24.8 Å². The van der Waals surface area contributed by atoms with Gasteiger partial charge in [0.15, 0.2) is 0 Å². The van der Waals surface area contributed by atoms with Crippen LogP contribution in [-0.2, 0) is 123 Å². The molecule has 7 fully saturated rings. The Morgan fingerprint density at radius 1 is 0.425 bits per heavy atom. The number of esters is 1. The molecule has 3 aromatic carbocycles. The largest absolute Gasteiger partial charge is 0.540 e. The molecule has 0 spiro atoms. The second-order valence-electron chi connectivity index (χ2n) is 40.3. The van der Waals surface area contributed by atoms with Crippen LogP contribution in [0.3, 0.4) is 0 Å². The zero-order valence-electron chi connectivity index (χ0n) is 75.4. The number of hydrogen-bond donors (Lipinski definition) is 2. The maximum Gasteiger partial charge on any atom is 0.408 e. The fourth-order valence-electron chi connectivity index (χ4n) is 20.2. The number of benzene rings is 3. The number of carbonyl (C=O) groups is 6. The SMILES string of the molecule is C[C@@H]1[C@@H]2CN(C(=O)[C@H](C(C)(C)C)CC(=O)O[C@]3(C)C[C@H]3CCCCCc3nc4ccc(Cl)cc4nc3O2)[C@@H]1[C-]=O.C[C@@H]1[C@@H]2CN(C(=O)[C@H](C(C)(C)C)NC(=O)O[C@@H]3CC4CC4[C@H]3CCCCCc3nc4ccc(Cl)cc4nc3O2)[C@@H]1[C-]=O.C[C@@H]1[C@@H]2CN(C(=O)[C@H](C(C)(C)C)NC(=O)O[C@]3(C)CCC[C@H]3CCCCCc3nc4ccc(Cl)cc4nc3O2)[C@@H]1[C-]=O.[V].[V].[V]. The summed E-state index contributed by atoms with van der Waals surface area (Å²) in [5, 5.41) is 7.42. The van der Waals surface area contributed by atoms with E-state index in [0.29, 0.717) is 92.2 Å². The number of rotatable bonds is 3. The molecule has 26 nitrogen and oxygen atoms in total. The molecule has 6 aliphatic heterocycles. The van der Waals surface area contributed by atoms with Crippen LogP contribution in [0.25, 0.3) is 33.1 Å². The number of aromatic nitrogens is 6. The Hall–Kier alpha value is -6.87. The first kappa shape index (κ1) is 101. The van der Waals surface area contributed by atoms with Gasteiger partial charge >= 0.3 is 18.2 Å². The quantitative estimate of drug-likeness (QED) is 0.0944. The van der Waals surface area contributed by atoms with Gasteiger partial charge in [0, 0.05) is 76.7 Å². The van der Waals surface area contributed by atoms with E-state index in [2.05, 4.69) is 29.5 Å². The van der Waals surface area contributed by atoms with Crippen molar-refractivity contribution >= 4 is 123 Å². The smallest absolute Gasteiger partial charge is 0.408 e. The second kappa shape index (κ2) is 41.5. The summed E-state index contributed by atoms with van der Waals surface area (Å²) in [4.78, 5) is 152. The molecule has 127 heavy (non-hydrogen) atoms. The van der Waals surface area contributed by atoms with Gasteiger partial charge in [-0.1, -0.05) is 175 Å². The predicted octanol–water partition coefficient (Wildman–Crippen LogP) is 16.5. The van der Waals surface area contributed by atoms with E-state index in [4.69, 9.17) is 93.1 Å². The molecule has 32 heteroatoms. The number of fused-ring (bicyclic) bond motifs is 17. The number of nitrogens with one attached hydrogen (secondary N) is 2. The summed E-state index contributed by atoms with van der Waals surface area (Å²) in [6.07, 6.45) is 22.9. The third-order valence-corrected chi connectivity index (χ3v) is 28.8. The normalized spacial score (nSPS) is 31.6. The molecule has 6 bridgehead atoms. The first-order chi connectivity index (χ1) is 58.8. The van der Waals surface area contributed by atoms with E-state index >= 15 is 0 Å². The maximum atomic E-state index is 14.0. The molecule has 20 atom stereocenters. The molecule has 4 saturated carbocycles. The minimum absolute atomic E-state index is 0. The van der Waals surface area contributed by atoms with E-state index in [-0.39, 0.29) is 135 Å². The Morgan fingerprint density at radius 3 is 1.23 bits per heavy atom. The third kappa shape index (κ3) is 23.1. The molecule has 6 aromatic rings. The first-order valence-electron chi connectivity index (χ1n) is 44.9. The number of alkyl carbamates (subject to hydrolysis) is 2. The second-order valence-corrected chi connectivity index (χ2v) is 41.6. The topological polar surface area (TPSA) is 320 Å². The number of halogens is 3. The zero-order valence-corrected chi connectivity index (χ0v) is 81.8. The van der Waals surface area contributed by atoms with Gasteiger partial charge in [-0.15, -0.1) is 0 Å². The number of ether oxygens (including phenoxy) is 6. The van der Waals surface area contributed by atoms with Crippen molar-refractivity contribution < 1.29 is 127 Å².